The van der Waals surface area contributed by atoms with Gasteiger partial charge >= 0.3 is 0 Å². The Bertz CT molecular complexity index is 531. The Labute approximate surface area is 121 Å². The first kappa shape index (κ1) is 14.7. The summed E-state index contributed by atoms with van der Waals surface area (Å²) < 4.78 is 0. The number of pyridine rings is 1. The Morgan fingerprint density at radius 2 is 1.70 bits per heavy atom. The zero-order valence-corrected chi connectivity index (χ0v) is 12.5. The van der Waals surface area contributed by atoms with Crippen molar-refractivity contribution in [2.45, 2.75) is 26.4 Å². The normalized spacial score (nSPS) is 12.7. The third-order valence-corrected chi connectivity index (χ3v) is 3.38. The molecule has 0 amide bonds. The molecule has 0 bridgehead atoms. The third kappa shape index (κ3) is 4.15. The SMILES string of the molecule is Cc1cc(C)cc(C(N)CN(C)Cc2ccncc2)c1. The summed E-state index contributed by atoms with van der Waals surface area (Å²) in [4.78, 5) is 6.29. The van der Waals surface area contributed by atoms with Gasteiger partial charge in [0.15, 0.2) is 0 Å². The van der Waals surface area contributed by atoms with Crippen molar-refractivity contribution >= 4 is 0 Å². The van der Waals surface area contributed by atoms with Crippen molar-refractivity contribution < 1.29 is 0 Å². The van der Waals surface area contributed by atoms with E-state index in [4.69, 9.17) is 5.73 Å². The van der Waals surface area contributed by atoms with Crippen LogP contribution in [0.15, 0.2) is 42.7 Å². The number of rotatable bonds is 5. The minimum Gasteiger partial charge on any atom is -0.323 e. The van der Waals surface area contributed by atoms with E-state index in [0.29, 0.717) is 0 Å². The maximum atomic E-state index is 6.33. The molecule has 1 heterocycles. The van der Waals surface area contributed by atoms with Crippen LogP contribution in [0.4, 0.5) is 0 Å². The van der Waals surface area contributed by atoms with Crippen molar-refractivity contribution in [2.24, 2.45) is 5.73 Å². The van der Waals surface area contributed by atoms with Gasteiger partial charge in [-0.3, -0.25) is 4.98 Å². The van der Waals surface area contributed by atoms with Crippen LogP contribution in [-0.2, 0) is 6.54 Å². The number of aromatic nitrogens is 1. The number of hydrogen-bond acceptors (Lipinski definition) is 3. The van der Waals surface area contributed by atoms with E-state index in [1.165, 1.54) is 22.3 Å². The van der Waals surface area contributed by atoms with Crippen LogP contribution in [0.3, 0.4) is 0 Å². The lowest BCUT2D eigenvalue weighted by molar-refractivity contribution is 0.305. The van der Waals surface area contributed by atoms with Crippen LogP contribution in [0.5, 0.6) is 0 Å². The van der Waals surface area contributed by atoms with Gasteiger partial charge in [0.05, 0.1) is 0 Å². The first-order valence-electron chi connectivity index (χ1n) is 6.96. The Balaban J connectivity index is 1.98. The monoisotopic (exact) mass is 269 g/mol. The molecule has 1 aromatic heterocycles. The van der Waals surface area contributed by atoms with Crippen LogP contribution in [0, 0.1) is 13.8 Å². The molecule has 0 radical (unpaired) electrons. The summed E-state index contributed by atoms with van der Waals surface area (Å²) in [6.45, 7) is 5.96. The molecular formula is C17H23N3. The molecule has 0 spiro atoms. The number of likely N-dealkylation sites (N-methyl/N-ethyl adjacent to an activating group) is 1. The van der Waals surface area contributed by atoms with E-state index in [2.05, 4.69) is 49.0 Å². The Kier molecular flexibility index (Phi) is 4.88. The second-order valence-corrected chi connectivity index (χ2v) is 5.58. The molecule has 0 saturated heterocycles. The highest BCUT2D eigenvalue weighted by atomic mass is 15.1. The van der Waals surface area contributed by atoms with Gasteiger partial charge in [-0.05, 0) is 44.2 Å². The van der Waals surface area contributed by atoms with E-state index in [1.54, 1.807) is 0 Å². The number of benzene rings is 1. The average molecular weight is 269 g/mol. The fourth-order valence-electron chi connectivity index (χ4n) is 2.53. The largest absolute Gasteiger partial charge is 0.323 e. The summed E-state index contributed by atoms with van der Waals surface area (Å²) in [5.41, 5.74) is 11.3. The van der Waals surface area contributed by atoms with E-state index in [1.807, 2.05) is 24.5 Å². The van der Waals surface area contributed by atoms with Crippen molar-refractivity contribution in [3.63, 3.8) is 0 Å². The van der Waals surface area contributed by atoms with Gasteiger partial charge in [-0.2, -0.15) is 0 Å². The zero-order valence-electron chi connectivity index (χ0n) is 12.5. The van der Waals surface area contributed by atoms with Gasteiger partial charge in [0.25, 0.3) is 0 Å². The van der Waals surface area contributed by atoms with Gasteiger partial charge in [0.2, 0.25) is 0 Å². The fourth-order valence-corrected chi connectivity index (χ4v) is 2.53. The van der Waals surface area contributed by atoms with Gasteiger partial charge in [-0.1, -0.05) is 29.3 Å². The lowest BCUT2D eigenvalue weighted by Gasteiger charge is -2.22. The van der Waals surface area contributed by atoms with Crippen LogP contribution in [0.2, 0.25) is 0 Å². The van der Waals surface area contributed by atoms with E-state index in [-0.39, 0.29) is 6.04 Å². The molecule has 2 rings (SSSR count). The molecule has 3 nitrogen and oxygen atoms in total. The molecule has 0 fully saturated rings. The maximum Gasteiger partial charge on any atom is 0.0424 e. The average Bonchev–Trinajstić information content (AvgIpc) is 2.38. The van der Waals surface area contributed by atoms with Crippen LogP contribution < -0.4 is 5.73 Å². The quantitative estimate of drug-likeness (QED) is 0.907. The Morgan fingerprint density at radius 3 is 2.30 bits per heavy atom. The fraction of sp³-hybridized carbons (Fsp3) is 0.353. The molecule has 106 valence electrons. The minimum absolute atomic E-state index is 0.0421. The van der Waals surface area contributed by atoms with Crippen molar-refractivity contribution in [3.05, 3.63) is 65.0 Å². The lowest BCUT2D eigenvalue weighted by atomic mass is 10.0. The third-order valence-electron chi connectivity index (χ3n) is 3.38. The second kappa shape index (κ2) is 6.64. The van der Waals surface area contributed by atoms with E-state index >= 15 is 0 Å². The number of aryl methyl sites for hydroxylation is 2. The molecule has 1 unspecified atom stereocenters. The highest BCUT2D eigenvalue weighted by Crippen LogP contribution is 2.16. The van der Waals surface area contributed by atoms with Gasteiger partial charge in [0, 0.05) is 31.5 Å². The molecule has 2 aromatic rings. The number of nitrogens with two attached hydrogens (primary N) is 1. The van der Waals surface area contributed by atoms with E-state index < -0.39 is 0 Å². The van der Waals surface area contributed by atoms with Crippen molar-refractivity contribution in [1.29, 1.82) is 0 Å². The van der Waals surface area contributed by atoms with Crippen LogP contribution in [0.25, 0.3) is 0 Å². The first-order chi connectivity index (χ1) is 9.54. The van der Waals surface area contributed by atoms with Crippen molar-refractivity contribution in [3.8, 4) is 0 Å². The van der Waals surface area contributed by atoms with Gasteiger partial charge in [-0.25, -0.2) is 0 Å². The molecular weight excluding hydrogens is 246 g/mol. The molecule has 0 aliphatic carbocycles. The summed E-state index contributed by atoms with van der Waals surface area (Å²) in [7, 11) is 2.10. The maximum absolute atomic E-state index is 6.33. The summed E-state index contributed by atoms with van der Waals surface area (Å²) in [5, 5.41) is 0. The van der Waals surface area contributed by atoms with Crippen LogP contribution >= 0.6 is 0 Å². The minimum atomic E-state index is 0.0421. The molecule has 1 atom stereocenters. The van der Waals surface area contributed by atoms with E-state index in [9.17, 15) is 0 Å². The highest BCUT2D eigenvalue weighted by molar-refractivity contribution is 5.30. The van der Waals surface area contributed by atoms with Gasteiger partial charge < -0.3 is 10.6 Å². The molecule has 20 heavy (non-hydrogen) atoms. The van der Waals surface area contributed by atoms with Crippen molar-refractivity contribution in [2.75, 3.05) is 13.6 Å². The van der Waals surface area contributed by atoms with Gasteiger partial charge in [0.1, 0.15) is 0 Å². The number of nitrogens with zero attached hydrogens (tertiary/aromatic N) is 2. The van der Waals surface area contributed by atoms with Crippen LogP contribution in [0.1, 0.15) is 28.3 Å². The molecule has 1 aromatic carbocycles. The molecule has 3 heteroatoms. The van der Waals surface area contributed by atoms with Crippen LogP contribution in [-0.4, -0.2) is 23.5 Å². The summed E-state index contributed by atoms with van der Waals surface area (Å²) in [5.74, 6) is 0. The standard InChI is InChI=1S/C17H23N3/c1-13-8-14(2)10-16(9-13)17(18)12-20(3)11-15-4-6-19-7-5-15/h4-10,17H,11-12,18H2,1-3H3. The Hall–Kier alpha value is -1.71. The Morgan fingerprint density at radius 1 is 1.10 bits per heavy atom. The second-order valence-electron chi connectivity index (χ2n) is 5.58. The zero-order chi connectivity index (χ0) is 14.5. The first-order valence-corrected chi connectivity index (χ1v) is 6.96. The number of hydrogen-bond donors (Lipinski definition) is 1. The smallest absolute Gasteiger partial charge is 0.0424 e. The summed E-state index contributed by atoms with van der Waals surface area (Å²) >= 11 is 0. The lowest BCUT2D eigenvalue weighted by Crippen LogP contribution is -2.28. The molecule has 2 N–H and O–H groups in total. The molecule has 0 aliphatic rings. The van der Waals surface area contributed by atoms with Crippen molar-refractivity contribution in [1.82, 2.24) is 9.88 Å². The van der Waals surface area contributed by atoms with E-state index in [0.717, 1.165) is 13.1 Å². The highest BCUT2D eigenvalue weighted by Gasteiger charge is 2.10. The topological polar surface area (TPSA) is 42.1 Å². The van der Waals surface area contributed by atoms with Gasteiger partial charge in [-0.15, -0.1) is 0 Å². The predicted octanol–water partition coefficient (Wildman–Crippen LogP) is 2.83. The molecule has 0 aliphatic heterocycles. The molecule has 0 saturated carbocycles. The summed E-state index contributed by atoms with van der Waals surface area (Å²) in [6.07, 6.45) is 3.65. The summed E-state index contributed by atoms with van der Waals surface area (Å²) in [6, 6.07) is 10.7. The predicted molar refractivity (Wildman–Crippen MR) is 83.4 cm³/mol.